The van der Waals surface area contributed by atoms with Gasteiger partial charge in [-0.15, -0.1) is 0 Å². The Morgan fingerprint density at radius 1 is 1.08 bits per heavy atom. The van der Waals surface area contributed by atoms with Gasteiger partial charge < -0.3 is 15.0 Å². The molecule has 1 unspecified atom stereocenters. The maximum absolute atomic E-state index is 13.7. The van der Waals surface area contributed by atoms with Gasteiger partial charge in [-0.1, -0.05) is 61.7 Å². The summed E-state index contributed by atoms with van der Waals surface area (Å²) in [5.74, 6) is -0.191. The molecule has 0 saturated carbocycles. The standard InChI is InChI=1S/C25H33Cl2N3O5S/c1-5-7-15-28-25(32)21(6-2)29(16-18-11-13-19(35-3)14-12-18)23(31)17-30(36(4,33)34)22-10-8-9-20(26)24(22)27/h8-14,21H,5-7,15-17H2,1-4H3,(H,28,32). The number of nitrogens with zero attached hydrogens (tertiary/aromatic N) is 2. The Hall–Kier alpha value is -2.49. The van der Waals surface area contributed by atoms with Crippen LogP contribution in [0.2, 0.25) is 10.0 Å². The van der Waals surface area contributed by atoms with Crippen LogP contribution in [0.4, 0.5) is 5.69 Å². The SMILES string of the molecule is CCCCNC(=O)C(CC)N(Cc1ccc(OC)cc1)C(=O)CN(c1cccc(Cl)c1Cl)S(C)(=O)=O. The fourth-order valence-corrected chi connectivity index (χ4v) is 4.94. The monoisotopic (exact) mass is 557 g/mol. The second kappa shape index (κ2) is 13.7. The van der Waals surface area contributed by atoms with E-state index in [2.05, 4.69) is 5.32 Å². The molecule has 0 radical (unpaired) electrons. The number of nitrogens with one attached hydrogen (secondary N) is 1. The molecule has 0 aliphatic heterocycles. The third-order valence-corrected chi connectivity index (χ3v) is 7.54. The normalized spacial score (nSPS) is 12.1. The Kier molecular flexibility index (Phi) is 11.3. The number of anilines is 1. The largest absolute Gasteiger partial charge is 0.497 e. The molecule has 2 amide bonds. The summed E-state index contributed by atoms with van der Waals surface area (Å²) in [5.41, 5.74) is 0.848. The van der Waals surface area contributed by atoms with Gasteiger partial charge in [0.25, 0.3) is 0 Å². The van der Waals surface area contributed by atoms with Crippen molar-refractivity contribution in [2.24, 2.45) is 0 Å². The van der Waals surface area contributed by atoms with Crippen LogP contribution in [0.5, 0.6) is 5.75 Å². The summed E-state index contributed by atoms with van der Waals surface area (Å²) in [6.45, 7) is 3.87. The Bertz CT molecular complexity index is 1140. The molecule has 2 rings (SSSR count). The molecule has 1 N–H and O–H groups in total. The minimum absolute atomic E-state index is 0.0171. The Labute approximate surface area is 223 Å². The average Bonchev–Trinajstić information content (AvgIpc) is 2.84. The topological polar surface area (TPSA) is 96.0 Å². The maximum Gasteiger partial charge on any atom is 0.244 e. The molecule has 0 aromatic heterocycles. The molecule has 0 saturated heterocycles. The van der Waals surface area contributed by atoms with E-state index in [9.17, 15) is 18.0 Å². The van der Waals surface area contributed by atoms with Crippen LogP contribution >= 0.6 is 23.2 Å². The second-order valence-corrected chi connectivity index (χ2v) is 11.0. The number of halogens is 2. The summed E-state index contributed by atoms with van der Waals surface area (Å²) >= 11 is 12.4. The molecule has 0 bridgehead atoms. The number of methoxy groups -OCH3 is 1. The number of carbonyl (C=O) groups is 2. The van der Waals surface area contributed by atoms with Gasteiger partial charge in [0.1, 0.15) is 18.3 Å². The van der Waals surface area contributed by atoms with Crippen LogP contribution in [0.15, 0.2) is 42.5 Å². The molecule has 36 heavy (non-hydrogen) atoms. The molecule has 1 atom stereocenters. The lowest BCUT2D eigenvalue weighted by atomic mass is 10.1. The van der Waals surface area contributed by atoms with E-state index >= 15 is 0 Å². The predicted molar refractivity (Wildman–Crippen MR) is 144 cm³/mol. The van der Waals surface area contributed by atoms with Gasteiger partial charge in [-0.25, -0.2) is 8.42 Å². The molecule has 11 heteroatoms. The van der Waals surface area contributed by atoms with E-state index in [1.807, 2.05) is 6.92 Å². The number of unbranched alkanes of at least 4 members (excludes halogenated alkanes) is 1. The summed E-state index contributed by atoms with van der Waals surface area (Å²) in [6.07, 6.45) is 3.05. The van der Waals surface area contributed by atoms with E-state index in [-0.39, 0.29) is 28.2 Å². The highest BCUT2D eigenvalue weighted by atomic mass is 35.5. The van der Waals surface area contributed by atoms with E-state index in [1.165, 1.54) is 17.0 Å². The lowest BCUT2D eigenvalue weighted by Gasteiger charge is -2.33. The van der Waals surface area contributed by atoms with Crippen LogP contribution in [0.25, 0.3) is 0 Å². The van der Waals surface area contributed by atoms with Crippen LogP contribution in [-0.4, -0.2) is 57.6 Å². The lowest BCUT2D eigenvalue weighted by molar-refractivity contribution is -0.140. The van der Waals surface area contributed by atoms with Crippen LogP contribution < -0.4 is 14.4 Å². The fraction of sp³-hybridized carbons (Fsp3) is 0.440. The van der Waals surface area contributed by atoms with E-state index in [0.29, 0.717) is 18.7 Å². The van der Waals surface area contributed by atoms with Crippen molar-refractivity contribution in [2.45, 2.75) is 45.7 Å². The molecule has 0 aliphatic rings. The number of benzene rings is 2. The van der Waals surface area contributed by atoms with Crippen LogP contribution in [-0.2, 0) is 26.2 Å². The Balaban J connectivity index is 2.44. The maximum atomic E-state index is 13.7. The minimum Gasteiger partial charge on any atom is -0.497 e. The minimum atomic E-state index is -3.91. The lowest BCUT2D eigenvalue weighted by Crippen LogP contribution is -2.52. The first kappa shape index (κ1) is 29.7. The van der Waals surface area contributed by atoms with Crippen LogP contribution in [0, 0.1) is 0 Å². The van der Waals surface area contributed by atoms with Crippen molar-refractivity contribution in [3.63, 3.8) is 0 Å². The highest BCUT2D eigenvalue weighted by molar-refractivity contribution is 7.92. The summed E-state index contributed by atoms with van der Waals surface area (Å²) in [5, 5.41) is 3.06. The van der Waals surface area contributed by atoms with Gasteiger partial charge in [-0.2, -0.15) is 0 Å². The summed E-state index contributed by atoms with van der Waals surface area (Å²) in [4.78, 5) is 28.1. The van der Waals surface area contributed by atoms with Gasteiger partial charge in [0.05, 0.1) is 29.1 Å². The molecule has 0 aliphatic carbocycles. The molecule has 0 spiro atoms. The van der Waals surface area contributed by atoms with Crippen LogP contribution in [0.3, 0.4) is 0 Å². The summed E-state index contributed by atoms with van der Waals surface area (Å²) in [6, 6.07) is 10.9. The third kappa shape index (κ3) is 8.01. The zero-order chi connectivity index (χ0) is 26.9. The smallest absolute Gasteiger partial charge is 0.244 e. The van der Waals surface area contributed by atoms with Crippen molar-refractivity contribution in [1.82, 2.24) is 10.2 Å². The van der Waals surface area contributed by atoms with Crippen molar-refractivity contribution in [2.75, 3.05) is 30.8 Å². The number of hydrogen-bond acceptors (Lipinski definition) is 5. The van der Waals surface area contributed by atoms with Crippen molar-refractivity contribution in [1.29, 1.82) is 0 Å². The molecule has 198 valence electrons. The number of hydrogen-bond donors (Lipinski definition) is 1. The molecule has 0 fully saturated rings. The fourth-order valence-electron chi connectivity index (χ4n) is 3.63. The van der Waals surface area contributed by atoms with Gasteiger partial charge >= 0.3 is 0 Å². The number of sulfonamides is 1. The molecule has 2 aromatic carbocycles. The van der Waals surface area contributed by atoms with E-state index < -0.39 is 28.5 Å². The number of ether oxygens (including phenoxy) is 1. The Morgan fingerprint density at radius 2 is 1.75 bits per heavy atom. The van der Waals surface area contributed by atoms with Crippen LogP contribution in [0.1, 0.15) is 38.7 Å². The predicted octanol–water partition coefficient (Wildman–Crippen LogP) is 4.49. The summed E-state index contributed by atoms with van der Waals surface area (Å²) in [7, 11) is -2.36. The number of amides is 2. The molecular weight excluding hydrogens is 525 g/mol. The van der Waals surface area contributed by atoms with Gasteiger partial charge in [0.2, 0.25) is 21.8 Å². The van der Waals surface area contributed by atoms with E-state index in [1.54, 1.807) is 44.4 Å². The average molecular weight is 559 g/mol. The molecular formula is C25H33Cl2N3O5S. The Morgan fingerprint density at radius 3 is 2.31 bits per heavy atom. The third-order valence-electron chi connectivity index (χ3n) is 5.61. The van der Waals surface area contributed by atoms with Gasteiger partial charge in [-0.3, -0.25) is 13.9 Å². The first-order valence-corrected chi connectivity index (χ1v) is 14.3. The van der Waals surface area contributed by atoms with Gasteiger partial charge in [-0.05, 0) is 42.7 Å². The van der Waals surface area contributed by atoms with E-state index in [4.69, 9.17) is 27.9 Å². The van der Waals surface area contributed by atoms with Crippen molar-refractivity contribution >= 4 is 50.7 Å². The second-order valence-electron chi connectivity index (χ2n) is 8.28. The number of rotatable bonds is 13. The number of carbonyl (C=O) groups excluding carboxylic acids is 2. The zero-order valence-electron chi connectivity index (χ0n) is 21.0. The summed E-state index contributed by atoms with van der Waals surface area (Å²) < 4.78 is 31.5. The molecule has 0 heterocycles. The van der Waals surface area contributed by atoms with Crippen molar-refractivity contribution < 1.29 is 22.7 Å². The first-order valence-electron chi connectivity index (χ1n) is 11.6. The zero-order valence-corrected chi connectivity index (χ0v) is 23.3. The quantitative estimate of drug-likeness (QED) is 0.366. The highest BCUT2D eigenvalue weighted by Crippen LogP contribution is 2.33. The van der Waals surface area contributed by atoms with E-state index in [0.717, 1.165) is 29.0 Å². The first-order chi connectivity index (χ1) is 17.0. The molecule has 2 aromatic rings. The van der Waals surface area contributed by atoms with Gasteiger partial charge in [0, 0.05) is 13.1 Å². The van der Waals surface area contributed by atoms with Gasteiger partial charge in [0.15, 0.2) is 0 Å². The highest BCUT2D eigenvalue weighted by Gasteiger charge is 2.32. The van der Waals surface area contributed by atoms with Crippen molar-refractivity contribution in [3.8, 4) is 5.75 Å². The molecule has 8 nitrogen and oxygen atoms in total. The van der Waals surface area contributed by atoms with Crippen molar-refractivity contribution in [3.05, 3.63) is 58.1 Å².